The van der Waals surface area contributed by atoms with E-state index in [1.807, 2.05) is 24.3 Å². The molecular weight excluding hydrogens is 332 g/mol. The number of carbonyl (C=O) groups excluding carboxylic acids is 2. The molecule has 2 amide bonds. The average molecular weight is 348 g/mol. The number of hydrogen-bond acceptors (Lipinski definition) is 4. The smallest absolute Gasteiger partial charge is 0.258 e. The van der Waals surface area contributed by atoms with Gasteiger partial charge >= 0.3 is 0 Å². The molecule has 0 radical (unpaired) electrons. The topological polar surface area (TPSA) is 95.2 Å². The number of para-hydroxylation sites is 2. The number of nitrogens with zero attached hydrogens (tertiary/aromatic N) is 2. The van der Waals surface area contributed by atoms with Crippen molar-refractivity contribution in [2.75, 3.05) is 17.3 Å². The molecule has 0 spiro atoms. The van der Waals surface area contributed by atoms with Crippen molar-refractivity contribution in [3.63, 3.8) is 0 Å². The van der Waals surface area contributed by atoms with Gasteiger partial charge in [-0.1, -0.05) is 24.3 Å². The minimum absolute atomic E-state index is 0.0954. The zero-order valence-corrected chi connectivity index (χ0v) is 14.0. The van der Waals surface area contributed by atoms with Gasteiger partial charge in [0.25, 0.3) is 5.56 Å². The van der Waals surface area contributed by atoms with Crippen molar-refractivity contribution in [1.82, 2.24) is 9.97 Å². The third-order valence-electron chi connectivity index (χ3n) is 4.67. The number of aromatic amines is 1. The van der Waals surface area contributed by atoms with Crippen LogP contribution in [0.25, 0.3) is 10.9 Å². The quantitative estimate of drug-likeness (QED) is 0.740. The van der Waals surface area contributed by atoms with Crippen LogP contribution < -0.4 is 15.8 Å². The van der Waals surface area contributed by atoms with Gasteiger partial charge in [-0.3, -0.25) is 14.4 Å². The molecule has 2 aromatic carbocycles. The van der Waals surface area contributed by atoms with Crippen LogP contribution in [0.15, 0.2) is 53.6 Å². The van der Waals surface area contributed by atoms with E-state index in [0.717, 1.165) is 11.3 Å². The van der Waals surface area contributed by atoms with Gasteiger partial charge in [0.2, 0.25) is 11.8 Å². The van der Waals surface area contributed by atoms with Crippen LogP contribution in [0.2, 0.25) is 0 Å². The maximum absolute atomic E-state index is 12.9. The number of rotatable bonds is 2. The van der Waals surface area contributed by atoms with Crippen molar-refractivity contribution in [2.45, 2.75) is 12.3 Å². The lowest BCUT2D eigenvalue weighted by atomic mass is 9.89. The lowest BCUT2D eigenvalue weighted by molar-refractivity contribution is -0.124. The predicted molar refractivity (Wildman–Crippen MR) is 98.2 cm³/mol. The SMILES string of the molecule is CN1C(=O)CC(C(=O)Nc2cccc3c(=O)[nH]cnc23)c2ccccc21. The number of amides is 2. The molecule has 4 rings (SSSR count). The first-order valence-electron chi connectivity index (χ1n) is 8.19. The monoisotopic (exact) mass is 348 g/mol. The average Bonchev–Trinajstić information content (AvgIpc) is 2.65. The van der Waals surface area contributed by atoms with Crippen molar-refractivity contribution >= 4 is 34.1 Å². The molecule has 2 heterocycles. The normalized spacial score (nSPS) is 16.4. The molecule has 130 valence electrons. The fourth-order valence-corrected chi connectivity index (χ4v) is 3.30. The molecule has 2 N–H and O–H groups in total. The van der Waals surface area contributed by atoms with Gasteiger partial charge in [-0.15, -0.1) is 0 Å². The van der Waals surface area contributed by atoms with Crippen LogP contribution >= 0.6 is 0 Å². The summed E-state index contributed by atoms with van der Waals surface area (Å²) in [6.07, 6.45) is 1.40. The van der Waals surface area contributed by atoms with Crippen molar-refractivity contribution < 1.29 is 9.59 Å². The van der Waals surface area contributed by atoms with Crippen LogP contribution in [0, 0.1) is 0 Å². The molecule has 0 fully saturated rings. The Morgan fingerprint density at radius 1 is 1.19 bits per heavy atom. The van der Waals surface area contributed by atoms with Gasteiger partial charge < -0.3 is 15.2 Å². The molecule has 1 atom stereocenters. The summed E-state index contributed by atoms with van der Waals surface area (Å²) in [7, 11) is 1.70. The number of hydrogen-bond donors (Lipinski definition) is 2. The lowest BCUT2D eigenvalue weighted by Crippen LogP contribution is -2.37. The van der Waals surface area contributed by atoms with Crippen LogP contribution in [-0.2, 0) is 9.59 Å². The lowest BCUT2D eigenvalue weighted by Gasteiger charge is -2.30. The third-order valence-corrected chi connectivity index (χ3v) is 4.67. The molecule has 0 bridgehead atoms. The fraction of sp³-hybridized carbons (Fsp3) is 0.158. The van der Waals surface area contributed by atoms with Gasteiger partial charge in [-0.05, 0) is 23.8 Å². The highest BCUT2D eigenvalue weighted by Crippen LogP contribution is 2.36. The predicted octanol–water partition coefficient (Wildman–Crippen LogP) is 2.01. The number of carbonyl (C=O) groups is 2. The van der Waals surface area contributed by atoms with Crippen molar-refractivity contribution in [3.8, 4) is 0 Å². The Kier molecular flexibility index (Phi) is 3.76. The van der Waals surface area contributed by atoms with E-state index in [1.165, 1.54) is 6.33 Å². The summed E-state index contributed by atoms with van der Waals surface area (Å²) in [6.45, 7) is 0. The van der Waals surface area contributed by atoms with Gasteiger partial charge in [0.1, 0.15) is 5.52 Å². The van der Waals surface area contributed by atoms with E-state index in [1.54, 1.807) is 30.1 Å². The number of H-pyrrole nitrogens is 1. The summed E-state index contributed by atoms with van der Waals surface area (Å²) in [5.41, 5.74) is 2.13. The minimum atomic E-state index is -0.591. The molecule has 1 aliphatic rings. The first-order chi connectivity index (χ1) is 12.6. The maximum atomic E-state index is 12.9. The van der Waals surface area contributed by atoms with E-state index < -0.39 is 5.92 Å². The second kappa shape index (κ2) is 6.11. The summed E-state index contributed by atoms with van der Waals surface area (Å²) in [4.78, 5) is 45.3. The van der Waals surface area contributed by atoms with Gasteiger partial charge in [0, 0.05) is 19.2 Å². The Bertz CT molecular complexity index is 1090. The highest BCUT2D eigenvalue weighted by atomic mass is 16.2. The summed E-state index contributed by atoms with van der Waals surface area (Å²) in [5.74, 6) is -1.00. The number of nitrogens with one attached hydrogen (secondary N) is 2. The molecule has 1 unspecified atom stereocenters. The first kappa shape index (κ1) is 16.0. The van der Waals surface area contributed by atoms with Crippen LogP contribution in [-0.4, -0.2) is 28.8 Å². The Morgan fingerprint density at radius 2 is 2.00 bits per heavy atom. The van der Waals surface area contributed by atoms with E-state index in [2.05, 4.69) is 15.3 Å². The molecular formula is C19H16N4O3. The van der Waals surface area contributed by atoms with Gasteiger partial charge in [0.05, 0.1) is 23.3 Å². The minimum Gasteiger partial charge on any atom is -0.324 e. The molecule has 0 saturated carbocycles. The van der Waals surface area contributed by atoms with E-state index in [-0.39, 0.29) is 23.8 Å². The molecule has 7 nitrogen and oxygen atoms in total. The summed E-state index contributed by atoms with van der Waals surface area (Å²) >= 11 is 0. The first-order valence-corrected chi connectivity index (χ1v) is 8.19. The zero-order chi connectivity index (χ0) is 18.3. The number of fused-ring (bicyclic) bond motifs is 2. The Balaban J connectivity index is 1.72. The molecule has 3 aromatic rings. The molecule has 26 heavy (non-hydrogen) atoms. The molecule has 0 saturated heterocycles. The molecule has 7 heteroatoms. The fourth-order valence-electron chi connectivity index (χ4n) is 3.30. The highest BCUT2D eigenvalue weighted by Gasteiger charge is 2.33. The van der Waals surface area contributed by atoms with Gasteiger partial charge in [-0.2, -0.15) is 0 Å². The van der Waals surface area contributed by atoms with E-state index >= 15 is 0 Å². The Labute approximate surface area is 148 Å². The summed E-state index contributed by atoms with van der Waals surface area (Å²) in [6, 6.07) is 12.4. The Hall–Kier alpha value is -3.48. The number of aromatic nitrogens is 2. The second-order valence-corrected chi connectivity index (χ2v) is 6.19. The van der Waals surface area contributed by atoms with Crippen molar-refractivity contribution in [2.24, 2.45) is 0 Å². The number of benzene rings is 2. The van der Waals surface area contributed by atoms with Crippen LogP contribution in [0.3, 0.4) is 0 Å². The summed E-state index contributed by atoms with van der Waals surface area (Å²) in [5, 5.41) is 3.23. The van der Waals surface area contributed by atoms with E-state index in [9.17, 15) is 14.4 Å². The summed E-state index contributed by atoms with van der Waals surface area (Å²) < 4.78 is 0. The largest absolute Gasteiger partial charge is 0.324 e. The van der Waals surface area contributed by atoms with E-state index in [4.69, 9.17) is 0 Å². The number of anilines is 2. The molecule has 1 aliphatic heterocycles. The van der Waals surface area contributed by atoms with E-state index in [0.29, 0.717) is 16.6 Å². The van der Waals surface area contributed by atoms with Crippen LogP contribution in [0.4, 0.5) is 11.4 Å². The highest BCUT2D eigenvalue weighted by molar-refractivity contribution is 6.08. The zero-order valence-electron chi connectivity index (χ0n) is 14.0. The maximum Gasteiger partial charge on any atom is 0.258 e. The Morgan fingerprint density at radius 3 is 2.85 bits per heavy atom. The van der Waals surface area contributed by atoms with Crippen LogP contribution in [0.1, 0.15) is 17.9 Å². The van der Waals surface area contributed by atoms with Crippen molar-refractivity contribution in [1.29, 1.82) is 0 Å². The standard InChI is InChI=1S/C19H16N4O3/c1-23-15-8-3-2-5-11(15)13(9-16(23)24)19(26)22-14-7-4-6-12-17(14)20-10-21-18(12)25/h2-8,10,13H,9H2,1H3,(H,22,26)(H,20,21,25). The molecule has 1 aromatic heterocycles. The van der Waals surface area contributed by atoms with Crippen LogP contribution in [0.5, 0.6) is 0 Å². The van der Waals surface area contributed by atoms with Gasteiger partial charge in [0.15, 0.2) is 0 Å². The van der Waals surface area contributed by atoms with Crippen molar-refractivity contribution in [3.05, 3.63) is 64.7 Å². The molecule has 0 aliphatic carbocycles. The van der Waals surface area contributed by atoms with Gasteiger partial charge in [-0.25, -0.2) is 4.98 Å². The second-order valence-electron chi connectivity index (χ2n) is 6.19. The third kappa shape index (κ3) is 2.54.